The minimum Gasteiger partial charge on any atom is -0.322 e. The number of nitrogens with zero attached hydrogens (tertiary/aromatic N) is 2. The number of aliphatic imine (C=N–C) groups is 1. The second-order valence-corrected chi connectivity index (χ2v) is 5.66. The Balaban J connectivity index is 1.76. The molecule has 2 heterocycles. The number of benzene rings is 2. The van der Waals surface area contributed by atoms with Crippen LogP contribution in [0.4, 0.5) is 0 Å². The van der Waals surface area contributed by atoms with Crippen LogP contribution in [-0.2, 0) is 4.89 Å². The molecule has 0 aromatic heterocycles. The van der Waals surface area contributed by atoms with E-state index in [4.69, 9.17) is 16.6 Å². The summed E-state index contributed by atoms with van der Waals surface area (Å²) < 4.78 is 0. The second-order valence-electron chi connectivity index (χ2n) is 5.22. The Hall–Kier alpha value is -1.88. The molecule has 0 radical (unpaired) electrons. The molecule has 5 heteroatoms. The number of hydrogen-bond donors (Lipinski definition) is 1. The summed E-state index contributed by atoms with van der Waals surface area (Å²) in [5.41, 5.74) is 3.03. The van der Waals surface area contributed by atoms with Crippen molar-refractivity contribution in [2.75, 3.05) is 6.54 Å². The van der Waals surface area contributed by atoms with Crippen LogP contribution in [-0.4, -0.2) is 22.5 Å². The van der Waals surface area contributed by atoms with Crippen molar-refractivity contribution in [3.63, 3.8) is 0 Å². The zero-order valence-electron chi connectivity index (χ0n) is 11.1. The molecule has 0 fully saturated rings. The Bertz CT molecular complexity index is 732. The van der Waals surface area contributed by atoms with Gasteiger partial charge in [0.05, 0.1) is 6.04 Å². The van der Waals surface area contributed by atoms with Gasteiger partial charge in [0.2, 0.25) is 0 Å². The van der Waals surface area contributed by atoms with Crippen molar-refractivity contribution in [1.29, 1.82) is 0 Å². The molecule has 2 atom stereocenters. The third-order valence-corrected chi connectivity index (χ3v) is 4.24. The summed E-state index contributed by atoms with van der Waals surface area (Å²) >= 11 is 6.05. The fourth-order valence-corrected chi connectivity index (χ4v) is 3.26. The second kappa shape index (κ2) is 4.84. The zero-order chi connectivity index (χ0) is 14.4. The van der Waals surface area contributed by atoms with E-state index in [1.165, 1.54) is 0 Å². The monoisotopic (exact) mass is 300 g/mol. The van der Waals surface area contributed by atoms with Crippen molar-refractivity contribution < 1.29 is 10.1 Å². The highest BCUT2D eigenvalue weighted by Crippen LogP contribution is 2.41. The summed E-state index contributed by atoms with van der Waals surface area (Å²) in [6.07, 6.45) is -0.482. The van der Waals surface area contributed by atoms with E-state index in [1.54, 1.807) is 0 Å². The first-order valence-electron chi connectivity index (χ1n) is 6.77. The van der Waals surface area contributed by atoms with Crippen LogP contribution in [0.1, 0.15) is 29.0 Å². The number of amidine groups is 1. The third kappa shape index (κ3) is 1.95. The molecule has 2 aromatic rings. The Kier molecular flexibility index (Phi) is 2.96. The summed E-state index contributed by atoms with van der Waals surface area (Å²) in [6.45, 7) is 0.662. The average molecular weight is 301 g/mol. The van der Waals surface area contributed by atoms with Gasteiger partial charge in [0.25, 0.3) is 0 Å². The maximum atomic E-state index is 9.24. The molecule has 0 bridgehead atoms. The van der Waals surface area contributed by atoms with Gasteiger partial charge < -0.3 is 4.90 Å². The maximum absolute atomic E-state index is 9.24. The van der Waals surface area contributed by atoms with Gasteiger partial charge in [0.15, 0.2) is 6.23 Å². The third-order valence-electron chi connectivity index (χ3n) is 4.00. The number of rotatable bonds is 2. The first kappa shape index (κ1) is 12.8. The van der Waals surface area contributed by atoms with Gasteiger partial charge in [-0.25, -0.2) is 10.1 Å². The summed E-state index contributed by atoms with van der Waals surface area (Å²) in [5.74, 6) is 0.870. The van der Waals surface area contributed by atoms with Crippen LogP contribution >= 0.6 is 11.6 Å². The smallest absolute Gasteiger partial charge is 0.192 e. The molecular weight excluding hydrogens is 288 g/mol. The molecule has 0 amide bonds. The van der Waals surface area contributed by atoms with Crippen LogP contribution in [0.15, 0.2) is 53.5 Å². The van der Waals surface area contributed by atoms with E-state index in [9.17, 15) is 5.26 Å². The molecule has 4 rings (SSSR count). The lowest BCUT2D eigenvalue weighted by Crippen LogP contribution is -2.27. The first-order chi connectivity index (χ1) is 10.3. The van der Waals surface area contributed by atoms with Gasteiger partial charge in [-0.3, -0.25) is 4.99 Å². The Morgan fingerprint density at radius 2 is 2.05 bits per heavy atom. The highest BCUT2D eigenvalue weighted by molar-refractivity contribution is 6.30. The molecule has 0 aliphatic carbocycles. The average Bonchev–Trinajstić information content (AvgIpc) is 3.04. The highest BCUT2D eigenvalue weighted by Gasteiger charge is 2.41. The van der Waals surface area contributed by atoms with Crippen molar-refractivity contribution in [3.8, 4) is 0 Å². The number of halogens is 1. The SMILES string of the molecule is OOC1c2ccccc2C2=NC(c3cccc(Cl)c3)CN21. The lowest BCUT2D eigenvalue weighted by molar-refractivity contribution is -0.305. The van der Waals surface area contributed by atoms with Crippen LogP contribution < -0.4 is 0 Å². The summed E-state index contributed by atoms with van der Waals surface area (Å²) in [6, 6.07) is 15.6. The summed E-state index contributed by atoms with van der Waals surface area (Å²) in [7, 11) is 0. The quantitative estimate of drug-likeness (QED) is 0.680. The predicted molar refractivity (Wildman–Crippen MR) is 80.3 cm³/mol. The van der Waals surface area contributed by atoms with Crippen LogP contribution in [0.5, 0.6) is 0 Å². The fraction of sp³-hybridized carbons (Fsp3) is 0.188. The largest absolute Gasteiger partial charge is 0.322 e. The lowest BCUT2D eigenvalue weighted by atomic mass is 10.1. The van der Waals surface area contributed by atoms with Crippen LogP contribution in [0.2, 0.25) is 5.02 Å². The Morgan fingerprint density at radius 3 is 2.86 bits per heavy atom. The van der Waals surface area contributed by atoms with Crippen LogP contribution in [0, 0.1) is 0 Å². The highest BCUT2D eigenvalue weighted by atomic mass is 35.5. The Labute approximate surface area is 127 Å². The van der Waals surface area contributed by atoms with Gasteiger partial charge in [0.1, 0.15) is 5.84 Å². The van der Waals surface area contributed by atoms with Gasteiger partial charge in [-0.05, 0) is 17.7 Å². The summed E-state index contributed by atoms with van der Waals surface area (Å²) in [5, 5.41) is 9.95. The van der Waals surface area contributed by atoms with Gasteiger partial charge in [-0.2, -0.15) is 0 Å². The molecule has 106 valence electrons. The van der Waals surface area contributed by atoms with Crippen LogP contribution in [0.25, 0.3) is 0 Å². The van der Waals surface area contributed by atoms with E-state index in [0.29, 0.717) is 11.6 Å². The number of fused-ring (bicyclic) bond motifs is 3. The van der Waals surface area contributed by atoms with Gasteiger partial charge in [-0.1, -0.05) is 48.0 Å². The van der Waals surface area contributed by atoms with Crippen molar-refractivity contribution in [2.45, 2.75) is 12.3 Å². The standard InChI is InChI=1S/C16H13ClN2O2/c17-11-5-3-4-10(8-11)14-9-19-15(18-14)12-6-1-2-7-13(12)16(19)21-20/h1-8,14,16,20H,9H2. The zero-order valence-corrected chi connectivity index (χ0v) is 11.9. The van der Waals surface area contributed by atoms with Crippen molar-refractivity contribution >= 4 is 17.4 Å². The van der Waals surface area contributed by atoms with E-state index in [1.807, 2.05) is 53.4 Å². The van der Waals surface area contributed by atoms with Crippen molar-refractivity contribution in [2.24, 2.45) is 4.99 Å². The van der Waals surface area contributed by atoms with E-state index in [-0.39, 0.29) is 6.04 Å². The maximum Gasteiger partial charge on any atom is 0.192 e. The molecule has 2 aliphatic rings. The van der Waals surface area contributed by atoms with E-state index < -0.39 is 6.23 Å². The molecule has 21 heavy (non-hydrogen) atoms. The van der Waals surface area contributed by atoms with E-state index in [2.05, 4.69) is 4.89 Å². The fourth-order valence-electron chi connectivity index (χ4n) is 3.06. The van der Waals surface area contributed by atoms with Crippen molar-refractivity contribution in [1.82, 2.24) is 4.90 Å². The minimum atomic E-state index is -0.482. The predicted octanol–water partition coefficient (Wildman–Crippen LogP) is 3.65. The van der Waals surface area contributed by atoms with Gasteiger partial charge in [0, 0.05) is 22.7 Å². The van der Waals surface area contributed by atoms with Gasteiger partial charge >= 0.3 is 0 Å². The molecule has 2 aliphatic heterocycles. The molecule has 4 nitrogen and oxygen atoms in total. The van der Waals surface area contributed by atoms with Crippen LogP contribution in [0.3, 0.4) is 0 Å². The molecule has 0 spiro atoms. The molecular formula is C16H13ClN2O2. The first-order valence-corrected chi connectivity index (χ1v) is 7.15. The molecule has 0 saturated carbocycles. The topological polar surface area (TPSA) is 45.1 Å². The minimum absolute atomic E-state index is 0.00436. The lowest BCUT2D eigenvalue weighted by Gasteiger charge is -2.21. The van der Waals surface area contributed by atoms with E-state index in [0.717, 1.165) is 22.5 Å². The number of hydrogen-bond acceptors (Lipinski definition) is 4. The van der Waals surface area contributed by atoms with Crippen molar-refractivity contribution in [3.05, 3.63) is 70.2 Å². The molecule has 2 aromatic carbocycles. The molecule has 1 N–H and O–H groups in total. The van der Waals surface area contributed by atoms with Gasteiger partial charge in [-0.15, -0.1) is 0 Å². The Morgan fingerprint density at radius 1 is 1.19 bits per heavy atom. The van der Waals surface area contributed by atoms with E-state index >= 15 is 0 Å². The normalized spacial score (nSPS) is 23.0. The summed E-state index contributed by atoms with van der Waals surface area (Å²) in [4.78, 5) is 11.5. The molecule has 2 unspecified atom stereocenters. The molecule has 0 saturated heterocycles.